The highest BCUT2D eigenvalue weighted by atomic mass is 16.5. The lowest BCUT2D eigenvalue weighted by Gasteiger charge is -2.14. The first-order valence-corrected chi connectivity index (χ1v) is 5.51. The molecule has 5 heteroatoms. The highest BCUT2D eigenvalue weighted by Crippen LogP contribution is 1.87. The van der Waals surface area contributed by atoms with Crippen LogP contribution >= 0.6 is 0 Å². The topological polar surface area (TPSA) is 54.7 Å². The zero-order valence-electron chi connectivity index (χ0n) is 10.3. The predicted octanol–water partition coefficient (Wildman–Crippen LogP) is 0.511. The summed E-state index contributed by atoms with van der Waals surface area (Å²) in [6, 6.07) is 2.11. The van der Waals surface area contributed by atoms with Gasteiger partial charge in [-0.05, 0) is 7.05 Å². The molecule has 0 spiro atoms. The number of rotatable bonds is 11. The van der Waals surface area contributed by atoms with Gasteiger partial charge in [0.05, 0.1) is 39.1 Å². The minimum atomic E-state index is 0.566. The molecule has 0 radical (unpaired) electrons. The second kappa shape index (κ2) is 12.4. The first-order valence-electron chi connectivity index (χ1n) is 5.51. The van der Waals surface area contributed by atoms with E-state index >= 15 is 0 Å². The Morgan fingerprint density at radius 2 is 1.62 bits per heavy atom. The largest absolute Gasteiger partial charge is 0.382 e. The minimum Gasteiger partial charge on any atom is -0.382 e. The molecule has 5 nitrogen and oxygen atoms in total. The number of ether oxygens (including phenoxy) is 3. The average molecular weight is 230 g/mol. The van der Waals surface area contributed by atoms with E-state index in [-0.39, 0.29) is 0 Å². The van der Waals surface area contributed by atoms with Gasteiger partial charge < -0.3 is 19.1 Å². The van der Waals surface area contributed by atoms with Crippen LogP contribution in [0.1, 0.15) is 6.42 Å². The Kier molecular flexibility index (Phi) is 11.9. The first-order chi connectivity index (χ1) is 7.81. The Balaban J connectivity index is 3.06. The number of likely N-dealkylation sites (N-methyl/N-ethyl adjacent to an activating group) is 1. The Bertz CT molecular complexity index is 183. The lowest BCUT2D eigenvalue weighted by atomic mass is 10.4. The quantitative estimate of drug-likeness (QED) is 0.484. The third-order valence-electron chi connectivity index (χ3n) is 2.03. The molecule has 0 aliphatic heterocycles. The second-order valence-corrected chi connectivity index (χ2v) is 3.43. The molecule has 0 N–H and O–H groups in total. The normalized spacial score (nSPS) is 10.6. The summed E-state index contributed by atoms with van der Waals surface area (Å²) < 4.78 is 15.5. The number of methoxy groups -OCH3 is 1. The van der Waals surface area contributed by atoms with Crippen LogP contribution in [0.2, 0.25) is 0 Å². The molecule has 0 aromatic rings. The van der Waals surface area contributed by atoms with E-state index in [1.165, 1.54) is 0 Å². The summed E-state index contributed by atoms with van der Waals surface area (Å²) in [5.41, 5.74) is 0. The second-order valence-electron chi connectivity index (χ2n) is 3.43. The van der Waals surface area contributed by atoms with Crippen LogP contribution in [0.4, 0.5) is 0 Å². The predicted molar refractivity (Wildman–Crippen MR) is 61.2 cm³/mol. The van der Waals surface area contributed by atoms with Gasteiger partial charge in [0.15, 0.2) is 0 Å². The minimum absolute atomic E-state index is 0.566. The van der Waals surface area contributed by atoms with Crippen molar-refractivity contribution < 1.29 is 14.2 Å². The Morgan fingerprint density at radius 1 is 1.00 bits per heavy atom. The van der Waals surface area contributed by atoms with Gasteiger partial charge in [0.2, 0.25) is 0 Å². The van der Waals surface area contributed by atoms with Crippen molar-refractivity contribution >= 4 is 0 Å². The fraction of sp³-hybridized carbons (Fsp3) is 0.909. The molecule has 0 rings (SSSR count). The van der Waals surface area contributed by atoms with E-state index in [4.69, 9.17) is 19.5 Å². The van der Waals surface area contributed by atoms with Crippen LogP contribution in [-0.4, -0.2) is 65.2 Å². The summed E-state index contributed by atoms with van der Waals surface area (Å²) in [5, 5.41) is 8.39. The van der Waals surface area contributed by atoms with Gasteiger partial charge in [0.1, 0.15) is 0 Å². The monoisotopic (exact) mass is 230 g/mol. The van der Waals surface area contributed by atoms with Crippen molar-refractivity contribution in [2.45, 2.75) is 6.42 Å². The fourth-order valence-electron chi connectivity index (χ4n) is 1.04. The van der Waals surface area contributed by atoms with Crippen LogP contribution < -0.4 is 0 Å². The molecule has 16 heavy (non-hydrogen) atoms. The van der Waals surface area contributed by atoms with Crippen LogP contribution in [-0.2, 0) is 14.2 Å². The molecule has 0 saturated carbocycles. The van der Waals surface area contributed by atoms with Crippen LogP contribution in [0.5, 0.6) is 0 Å². The van der Waals surface area contributed by atoms with E-state index in [9.17, 15) is 0 Å². The van der Waals surface area contributed by atoms with Gasteiger partial charge in [-0.3, -0.25) is 0 Å². The zero-order chi connectivity index (χ0) is 12.1. The lowest BCUT2D eigenvalue weighted by Crippen LogP contribution is -2.24. The zero-order valence-corrected chi connectivity index (χ0v) is 10.3. The number of hydrogen-bond donors (Lipinski definition) is 0. The molecule has 0 fully saturated rings. The maximum absolute atomic E-state index is 8.39. The highest BCUT2D eigenvalue weighted by Gasteiger charge is 1.97. The number of hydrogen-bond acceptors (Lipinski definition) is 5. The van der Waals surface area contributed by atoms with Crippen molar-refractivity contribution in [3.05, 3.63) is 0 Å². The molecule has 0 aromatic carbocycles. The standard InChI is InChI=1S/C11H22N2O3/c1-13(5-3-4-12)6-7-15-10-11-16-9-8-14-2/h3,5-11H2,1-2H3. The van der Waals surface area contributed by atoms with Crippen LogP contribution in [0.25, 0.3) is 0 Å². The highest BCUT2D eigenvalue weighted by molar-refractivity contribution is 4.70. The van der Waals surface area contributed by atoms with Crippen molar-refractivity contribution in [1.82, 2.24) is 4.90 Å². The van der Waals surface area contributed by atoms with E-state index in [2.05, 4.69) is 11.0 Å². The van der Waals surface area contributed by atoms with Gasteiger partial charge in [-0.2, -0.15) is 5.26 Å². The molecule has 0 aliphatic rings. The molecule has 0 amide bonds. The van der Waals surface area contributed by atoms with Crippen LogP contribution in [0.3, 0.4) is 0 Å². The van der Waals surface area contributed by atoms with E-state index in [0.29, 0.717) is 39.5 Å². The molecule has 0 bridgehead atoms. The number of nitriles is 1. The third kappa shape index (κ3) is 11.4. The van der Waals surface area contributed by atoms with Crippen molar-refractivity contribution in [3.63, 3.8) is 0 Å². The Morgan fingerprint density at radius 3 is 2.25 bits per heavy atom. The van der Waals surface area contributed by atoms with E-state index in [1.54, 1.807) is 7.11 Å². The molecule has 0 atom stereocenters. The van der Waals surface area contributed by atoms with E-state index in [1.807, 2.05) is 7.05 Å². The van der Waals surface area contributed by atoms with Gasteiger partial charge in [0.25, 0.3) is 0 Å². The molecule has 94 valence electrons. The Hall–Kier alpha value is -0.670. The summed E-state index contributed by atoms with van der Waals surface area (Å²) in [5.74, 6) is 0. The van der Waals surface area contributed by atoms with E-state index < -0.39 is 0 Å². The van der Waals surface area contributed by atoms with Gasteiger partial charge in [0, 0.05) is 26.6 Å². The lowest BCUT2D eigenvalue weighted by molar-refractivity contribution is 0.0209. The van der Waals surface area contributed by atoms with Crippen molar-refractivity contribution in [2.75, 3.05) is 60.3 Å². The van der Waals surface area contributed by atoms with Gasteiger partial charge in [-0.1, -0.05) is 0 Å². The van der Waals surface area contributed by atoms with Crippen molar-refractivity contribution in [3.8, 4) is 6.07 Å². The van der Waals surface area contributed by atoms with Gasteiger partial charge >= 0.3 is 0 Å². The summed E-state index contributed by atoms with van der Waals surface area (Å²) >= 11 is 0. The van der Waals surface area contributed by atoms with E-state index in [0.717, 1.165) is 13.1 Å². The number of nitrogens with zero attached hydrogens (tertiary/aromatic N) is 2. The maximum Gasteiger partial charge on any atom is 0.0701 e. The first kappa shape index (κ1) is 15.3. The summed E-state index contributed by atoms with van der Waals surface area (Å²) in [6.07, 6.45) is 0.566. The molecule has 0 unspecified atom stereocenters. The summed E-state index contributed by atoms with van der Waals surface area (Å²) in [7, 11) is 3.63. The molecular weight excluding hydrogens is 208 g/mol. The van der Waals surface area contributed by atoms with Crippen molar-refractivity contribution in [2.24, 2.45) is 0 Å². The fourth-order valence-corrected chi connectivity index (χ4v) is 1.04. The molecular formula is C11H22N2O3. The van der Waals surface area contributed by atoms with Gasteiger partial charge in [-0.15, -0.1) is 0 Å². The average Bonchev–Trinajstić information content (AvgIpc) is 2.30. The molecule has 0 aliphatic carbocycles. The van der Waals surface area contributed by atoms with Crippen LogP contribution in [0, 0.1) is 11.3 Å². The molecule has 0 saturated heterocycles. The SMILES string of the molecule is COCCOCCOCCN(C)CCC#N. The third-order valence-corrected chi connectivity index (χ3v) is 2.03. The Labute approximate surface area is 97.9 Å². The molecule has 0 heterocycles. The van der Waals surface area contributed by atoms with Gasteiger partial charge in [-0.25, -0.2) is 0 Å². The summed E-state index contributed by atoms with van der Waals surface area (Å²) in [4.78, 5) is 2.08. The van der Waals surface area contributed by atoms with Crippen LogP contribution in [0.15, 0.2) is 0 Å². The molecule has 0 aromatic heterocycles. The van der Waals surface area contributed by atoms with Crippen molar-refractivity contribution in [1.29, 1.82) is 5.26 Å². The smallest absolute Gasteiger partial charge is 0.0701 e. The summed E-state index contributed by atoms with van der Waals surface area (Å²) in [6.45, 7) is 4.76. The maximum atomic E-state index is 8.39.